The molecule has 0 spiro atoms. The van der Waals surface area contributed by atoms with Gasteiger partial charge in [-0.3, -0.25) is 4.98 Å². The van der Waals surface area contributed by atoms with Gasteiger partial charge in [-0.05, 0) is 48.9 Å². The fourth-order valence-corrected chi connectivity index (χ4v) is 3.94. The molecule has 0 bridgehead atoms. The molecule has 1 aliphatic rings. The number of carbonyl (C=O) groups excluding carboxylic acids is 1. The molecule has 2 aromatic carbocycles. The van der Waals surface area contributed by atoms with E-state index in [2.05, 4.69) is 16.0 Å². The molecule has 148 valence electrons. The van der Waals surface area contributed by atoms with Crippen molar-refractivity contribution >= 4 is 17.3 Å². The largest absolute Gasteiger partial charge is 0.439 e. The van der Waals surface area contributed by atoms with Crippen LogP contribution in [0.25, 0.3) is 0 Å². The molecule has 29 heavy (non-hydrogen) atoms. The lowest BCUT2D eigenvalue weighted by molar-refractivity contribution is 0.0242. The summed E-state index contributed by atoms with van der Waals surface area (Å²) >= 11 is 0. The summed E-state index contributed by atoms with van der Waals surface area (Å²) in [6.45, 7) is 2.05. The first-order valence-corrected chi connectivity index (χ1v) is 9.59. The Morgan fingerprint density at radius 1 is 0.897 bits per heavy atom. The molecular weight excluding hydrogens is 362 g/mol. The number of fused-ring (bicyclic) bond motifs is 1. The van der Waals surface area contributed by atoms with E-state index in [0.717, 1.165) is 28.1 Å². The maximum Gasteiger partial charge on any atom is 0.341 e. The van der Waals surface area contributed by atoms with Crippen molar-refractivity contribution in [1.82, 2.24) is 4.98 Å². The van der Waals surface area contributed by atoms with Gasteiger partial charge in [0, 0.05) is 56.9 Å². The number of benzene rings is 2. The van der Waals surface area contributed by atoms with Crippen LogP contribution in [0.5, 0.6) is 0 Å². The average Bonchev–Trinajstić information content (AvgIpc) is 3.01. The van der Waals surface area contributed by atoms with Gasteiger partial charge in [0.2, 0.25) is 5.60 Å². The summed E-state index contributed by atoms with van der Waals surface area (Å²) in [6, 6.07) is 17.9. The topological polar surface area (TPSA) is 45.7 Å². The van der Waals surface area contributed by atoms with E-state index in [1.54, 1.807) is 18.3 Å². The fraction of sp³-hybridized carbons (Fsp3) is 0.250. The van der Waals surface area contributed by atoms with Crippen LogP contribution in [0.2, 0.25) is 0 Å². The normalized spacial score (nSPS) is 17.6. The summed E-state index contributed by atoms with van der Waals surface area (Å²) in [5.74, 6) is -0.346. The molecular formula is C24H25N3O2. The molecule has 1 aliphatic heterocycles. The number of carbonyl (C=O) groups is 1. The lowest BCUT2D eigenvalue weighted by atomic mass is 9.80. The zero-order chi connectivity index (χ0) is 20.8. The number of esters is 1. The molecule has 0 radical (unpaired) electrons. The summed E-state index contributed by atoms with van der Waals surface area (Å²) in [4.78, 5) is 21.5. The van der Waals surface area contributed by atoms with E-state index in [9.17, 15) is 4.79 Å². The highest BCUT2D eigenvalue weighted by Crippen LogP contribution is 2.47. The average molecular weight is 387 g/mol. The van der Waals surface area contributed by atoms with E-state index >= 15 is 0 Å². The first-order chi connectivity index (χ1) is 13.8. The molecule has 3 aromatic rings. The van der Waals surface area contributed by atoms with E-state index in [1.807, 2.05) is 76.4 Å². The van der Waals surface area contributed by atoms with E-state index in [-0.39, 0.29) is 5.97 Å². The molecule has 4 rings (SSSR count). The molecule has 1 unspecified atom stereocenters. The van der Waals surface area contributed by atoms with Crippen molar-refractivity contribution in [3.63, 3.8) is 0 Å². The van der Waals surface area contributed by atoms with Crippen LogP contribution in [-0.2, 0) is 10.3 Å². The number of ether oxygens (including phenoxy) is 1. The van der Waals surface area contributed by atoms with Gasteiger partial charge in [0.05, 0.1) is 5.56 Å². The maximum absolute atomic E-state index is 12.8. The third-order valence-electron chi connectivity index (χ3n) is 5.50. The van der Waals surface area contributed by atoms with E-state index in [1.165, 1.54) is 0 Å². The van der Waals surface area contributed by atoms with Crippen molar-refractivity contribution in [1.29, 1.82) is 0 Å². The molecule has 1 atom stereocenters. The second-order valence-corrected chi connectivity index (χ2v) is 7.81. The summed E-state index contributed by atoms with van der Waals surface area (Å²) < 4.78 is 6.14. The quantitative estimate of drug-likeness (QED) is 0.634. The van der Waals surface area contributed by atoms with Gasteiger partial charge in [0.15, 0.2) is 0 Å². The zero-order valence-corrected chi connectivity index (χ0v) is 17.4. The predicted octanol–water partition coefficient (Wildman–Crippen LogP) is 3.98. The van der Waals surface area contributed by atoms with Crippen LogP contribution in [0.4, 0.5) is 11.4 Å². The highest BCUT2D eigenvalue weighted by atomic mass is 16.6. The number of aryl methyl sites for hydroxylation is 1. The van der Waals surface area contributed by atoms with Crippen molar-refractivity contribution in [2.45, 2.75) is 12.5 Å². The van der Waals surface area contributed by atoms with Gasteiger partial charge < -0.3 is 14.5 Å². The monoisotopic (exact) mass is 387 g/mol. The second kappa shape index (κ2) is 6.92. The number of cyclic esters (lactones) is 1. The zero-order valence-electron chi connectivity index (χ0n) is 17.4. The Labute approximate surface area is 171 Å². The fourth-order valence-electron chi connectivity index (χ4n) is 3.94. The first-order valence-electron chi connectivity index (χ1n) is 9.59. The van der Waals surface area contributed by atoms with Crippen LogP contribution >= 0.6 is 0 Å². The van der Waals surface area contributed by atoms with Gasteiger partial charge in [-0.1, -0.05) is 18.2 Å². The van der Waals surface area contributed by atoms with Crippen molar-refractivity contribution in [3.05, 3.63) is 88.7 Å². The number of hydrogen-bond acceptors (Lipinski definition) is 5. The molecule has 0 saturated heterocycles. The summed E-state index contributed by atoms with van der Waals surface area (Å²) in [7, 11) is 8.02. The summed E-state index contributed by atoms with van der Waals surface area (Å²) in [5.41, 5.74) is 5.11. The minimum absolute atomic E-state index is 0.346. The minimum atomic E-state index is -1.06. The summed E-state index contributed by atoms with van der Waals surface area (Å²) in [6.07, 6.45) is 1.72. The van der Waals surface area contributed by atoms with E-state index in [4.69, 9.17) is 4.74 Å². The Morgan fingerprint density at radius 2 is 1.55 bits per heavy atom. The van der Waals surface area contributed by atoms with Crippen molar-refractivity contribution in [2.75, 3.05) is 38.0 Å². The van der Waals surface area contributed by atoms with Crippen LogP contribution in [0.3, 0.4) is 0 Å². The molecule has 0 saturated carbocycles. The third kappa shape index (κ3) is 2.94. The third-order valence-corrected chi connectivity index (χ3v) is 5.50. The number of pyridine rings is 1. The Kier molecular flexibility index (Phi) is 4.53. The highest BCUT2D eigenvalue weighted by molar-refractivity contribution is 5.95. The smallest absolute Gasteiger partial charge is 0.341 e. The highest BCUT2D eigenvalue weighted by Gasteiger charge is 2.50. The van der Waals surface area contributed by atoms with Gasteiger partial charge >= 0.3 is 5.97 Å². The molecule has 5 nitrogen and oxygen atoms in total. The molecule has 0 amide bonds. The van der Waals surface area contributed by atoms with E-state index in [0.29, 0.717) is 11.3 Å². The molecule has 2 heterocycles. The van der Waals surface area contributed by atoms with Crippen LogP contribution in [-0.4, -0.2) is 39.1 Å². The van der Waals surface area contributed by atoms with Crippen LogP contribution < -0.4 is 9.80 Å². The van der Waals surface area contributed by atoms with E-state index < -0.39 is 5.60 Å². The van der Waals surface area contributed by atoms with Gasteiger partial charge in [0.25, 0.3) is 0 Å². The SMILES string of the molecule is Cc1cc(N(C)C)ccc1C1(c2ccc(N(C)C)cc2)OC(=O)c2cccnc21. The molecule has 0 fully saturated rings. The number of nitrogens with zero attached hydrogens (tertiary/aromatic N) is 3. The van der Waals surface area contributed by atoms with Gasteiger partial charge in [-0.15, -0.1) is 0 Å². The Bertz CT molecular complexity index is 1070. The maximum atomic E-state index is 12.8. The summed E-state index contributed by atoms with van der Waals surface area (Å²) in [5, 5.41) is 0. The number of aromatic nitrogens is 1. The lowest BCUT2D eigenvalue weighted by Crippen LogP contribution is -2.31. The molecule has 1 aromatic heterocycles. The number of hydrogen-bond donors (Lipinski definition) is 0. The van der Waals surface area contributed by atoms with Crippen LogP contribution in [0.15, 0.2) is 60.8 Å². The number of rotatable bonds is 4. The second-order valence-electron chi connectivity index (χ2n) is 7.81. The predicted molar refractivity (Wildman–Crippen MR) is 116 cm³/mol. The minimum Gasteiger partial charge on any atom is -0.439 e. The van der Waals surface area contributed by atoms with Gasteiger partial charge in [-0.2, -0.15) is 0 Å². The van der Waals surface area contributed by atoms with Crippen molar-refractivity contribution < 1.29 is 9.53 Å². The Hall–Kier alpha value is -3.34. The van der Waals surface area contributed by atoms with Crippen molar-refractivity contribution in [2.24, 2.45) is 0 Å². The van der Waals surface area contributed by atoms with Crippen LogP contribution in [0, 0.1) is 6.92 Å². The number of anilines is 2. The lowest BCUT2D eigenvalue weighted by Gasteiger charge is -2.31. The Balaban J connectivity index is 1.99. The standard InChI is InChI=1S/C24H25N3O2/c1-16-15-19(27(4)5)12-13-21(16)24(17-8-10-18(11-9-17)26(2)3)22-20(23(28)29-24)7-6-14-25-22/h6-15H,1-5H3. The van der Waals surface area contributed by atoms with Crippen LogP contribution in [0.1, 0.15) is 32.7 Å². The van der Waals surface area contributed by atoms with Gasteiger partial charge in [0.1, 0.15) is 5.69 Å². The first kappa shape index (κ1) is 19.0. The Morgan fingerprint density at radius 3 is 2.17 bits per heavy atom. The van der Waals surface area contributed by atoms with Gasteiger partial charge in [-0.25, -0.2) is 4.79 Å². The molecule has 5 heteroatoms. The molecule has 0 aliphatic carbocycles. The van der Waals surface area contributed by atoms with Crippen molar-refractivity contribution in [3.8, 4) is 0 Å². The molecule has 0 N–H and O–H groups in total.